The number of benzene rings is 2. The Labute approximate surface area is 207 Å². The molecule has 1 amide bonds. The molecule has 0 fully saturated rings. The average Bonchev–Trinajstić information content (AvgIpc) is 3.36. The molecule has 0 aliphatic heterocycles. The lowest BCUT2D eigenvalue weighted by Gasteiger charge is -2.13. The van der Waals surface area contributed by atoms with Gasteiger partial charge in [-0.15, -0.1) is 11.3 Å². The van der Waals surface area contributed by atoms with Crippen LogP contribution in [0.2, 0.25) is 5.02 Å². The zero-order valence-electron chi connectivity index (χ0n) is 18.6. The quantitative estimate of drug-likeness (QED) is 0.406. The first-order valence-electron chi connectivity index (χ1n) is 10.7. The first-order valence-corrected chi connectivity index (χ1v) is 13.4. The molecule has 0 unspecified atom stereocenters. The molecule has 10 heteroatoms. The van der Waals surface area contributed by atoms with Crippen LogP contribution in [0.15, 0.2) is 47.4 Å². The lowest BCUT2D eigenvalue weighted by Crippen LogP contribution is -2.18. The van der Waals surface area contributed by atoms with Gasteiger partial charge in [-0.05, 0) is 68.5 Å². The number of esters is 1. The summed E-state index contributed by atoms with van der Waals surface area (Å²) in [7, 11) is -4.06. The first-order chi connectivity index (χ1) is 16.2. The van der Waals surface area contributed by atoms with Crippen LogP contribution < -0.4 is 10.0 Å². The van der Waals surface area contributed by atoms with Gasteiger partial charge in [-0.1, -0.05) is 29.8 Å². The van der Waals surface area contributed by atoms with Crippen LogP contribution in [0.5, 0.6) is 0 Å². The van der Waals surface area contributed by atoms with Gasteiger partial charge >= 0.3 is 5.97 Å². The van der Waals surface area contributed by atoms with Crippen molar-refractivity contribution in [3.05, 3.63) is 74.6 Å². The van der Waals surface area contributed by atoms with Crippen LogP contribution in [0.25, 0.3) is 0 Å². The molecule has 0 atom stereocenters. The molecule has 0 radical (unpaired) electrons. The summed E-state index contributed by atoms with van der Waals surface area (Å²) in [4.78, 5) is 26.5. The summed E-state index contributed by atoms with van der Waals surface area (Å²) in [6.07, 6.45) is 2.55. The van der Waals surface area contributed by atoms with Crippen molar-refractivity contribution < 1.29 is 22.7 Å². The van der Waals surface area contributed by atoms with Gasteiger partial charge in [-0.25, -0.2) is 13.2 Å². The van der Waals surface area contributed by atoms with E-state index < -0.39 is 21.9 Å². The topological polar surface area (TPSA) is 102 Å². The molecule has 0 saturated carbocycles. The maximum Gasteiger partial charge on any atom is 0.341 e. The maximum absolute atomic E-state index is 13.1. The summed E-state index contributed by atoms with van der Waals surface area (Å²) in [6, 6.07) is 11.0. The fraction of sp³-hybridized carbons (Fsp3) is 0.250. The Bertz CT molecular complexity index is 1380. The molecular formula is C24H23ClN2O5S2. The van der Waals surface area contributed by atoms with E-state index in [1.807, 2.05) is 0 Å². The lowest BCUT2D eigenvalue weighted by atomic mass is 10.1. The number of amides is 1. The lowest BCUT2D eigenvalue weighted by molar-refractivity contribution is 0.0527. The second kappa shape index (κ2) is 9.77. The minimum atomic E-state index is -4.06. The van der Waals surface area contributed by atoms with Crippen molar-refractivity contribution >= 4 is 55.5 Å². The first kappa shape index (κ1) is 24.3. The van der Waals surface area contributed by atoms with Crippen LogP contribution in [0.3, 0.4) is 0 Å². The summed E-state index contributed by atoms with van der Waals surface area (Å²) in [5.74, 6) is -1.02. The van der Waals surface area contributed by atoms with E-state index in [-0.39, 0.29) is 22.1 Å². The van der Waals surface area contributed by atoms with Gasteiger partial charge in [0, 0.05) is 10.4 Å². The minimum Gasteiger partial charge on any atom is -0.462 e. The summed E-state index contributed by atoms with van der Waals surface area (Å²) < 4.78 is 33.8. The molecule has 178 valence electrons. The van der Waals surface area contributed by atoms with Gasteiger partial charge in [0.1, 0.15) is 9.90 Å². The number of rotatable bonds is 7. The smallest absolute Gasteiger partial charge is 0.341 e. The Hall–Kier alpha value is -2.88. The van der Waals surface area contributed by atoms with Crippen molar-refractivity contribution in [3.8, 4) is 0 Å². The number of hydrogen-bond donors (Lipinski definition) is 2. The second-order valence-electron chi connectivity index (χ2n) is 7.80. The number of thiophene rings is 1. The van der Waals surface area contributed by atoms with Gasteiger partial charge in [0.15, 0.2) is 0 Å². The van der Waals surface area contributed by atoms with E-state index >= 15 is 0 Å². The number of anilines is 2. The van der Waals surface area contributed by atoms with Gasteiger partial charge < -0.3 is 10.1 Å². The molecule has 0 saturated heterocycles. The standard InChI is InChI=1S/C24H23ClN2O5S2/c1-3-32-24(29)21-16-8-6-10-19(16)33-23(21)26-22(28)15-11-12-17(25)20(13-15)34(30,31)27-18-9-5-4-7-14(18)2/h4-5,7,9,11-13,27H,3,6,8,10H2,1-2H3,(H,26,28). The predicted molar refractivity (Wildman–Crippen MR) is 134 cm³/mol. The number of carbonyl (C=O) groups is 2. The largest absolute Gasteiger partial charge is 0.462 e. The highest BCUT2D eigenvalue weighted by Gasteiger charge is 2.29. The van der Waals surface area contributed by atoms with Crippen LogP contribution in [0.1, 0.15) is 50.1 Å². The fourth-order valence-electron chi connectivity index (χ4n) is 3.82. The van der Waals surface area contributed by atoms with Gasteiger partial charge in [-0.3, -0.25) is 9.52 Å². The van der Waals surface area contributed by atoms with E-state index in [0.717, 1.165) is 35.3 Å². The van der Waals surface area contributed by atoms with Crippen LogP contribution in [0.4, 0.5) is 10.7 Å². The summed E-state index contributed by atoms with van der Waals surface area (Å²) in [5.41, 5.74) is 2.56. The number of ether oxygens (including phenoxy) is 1. The van der Waals surface area contributed by atoms with E-state index in [1.165, 1.54) is 29.5 Å². The third-order valence-electron chi connectivity index (χ3n) is 5.50. The van der Waals surface area contributed by atoms with Crippen LogP contribution >= 0.6 is 22.9 Å². The molecule has 7 nitrogen and oxygen atoms in total. The number of hydrogen-bond acceptors (Lipinski definition) is 6. The van der Waals surface area contributed by atoms with Gasteiger partial charge in [-0.2, -0.15) is 0 Å². The van der Waals surface area contributed by atoms with Crippen LogP contribution in [0, 0.1) is 6.92 Å². The van der Waals surface area contributed by atoms with Gasteiger partial charge in [0.2, 0.25) is 0 Å². The molecule has 2 aromatic carbocycles. The molecule has 4 rings (SSSR count). The average molecular weight is 519 g/mol. The van der Waals surface area contributed by atoms with Gasteiger partial charge in [0.25, 0.3) is 15.9 Å². The van der Waals surface area contributed by atoms with Crippen molar-refractivity contribution in [1.82, 2.24) is 0 Å². The van der Waals surface area contributed by atoms with E-state index in [1.54, 1.807) is 38.1 Å². The molecule has 1 aromatic heterocycles. The normalized spacial score (nSPS) is 12.8. The summed E-state index contributed by atoms with van der Waals surface area (Å²) in [6.45, 7) is 3.73. The number of aryl methyl sites for hydroxylation is 2. The monoisotopic (exact) mass is 518 g/mol. The molecule has 0 spiro atoms. The van der Waals surface area contributed by atoms with E-state index in [4.69, 9.17) is 16.3 Å². The van der Waals surface area contributed by atoms with E-state index in [9.17, 15) is 18.0 Å². The Morgan fingerprint density at radius 1 is 1.15 bits per heavy atom. The zero-order valence-corrected chi connectivity index (χ0v) is 21.0. The van der Waals surface area contributed by atoms with Crippen molar-refractivity contribution in [1.29, 1.82) is 0 Å². The Kier molecular flexibility index (Phi) is 6.97. The third-order valence-corrected chi connectivity index (χ3v) is 8.55. The number of nitrogens with one attached hydrogen (secondary N) is 2. The third kappa shape index (κ3) is 4.82. The number of carbonyl (C=O) groups excluding carboxylic acids is 2. The highest BCUT2D eigenvalue weighted by molar-refractivity contribution is 7.92. The van der Waals surface area contributed by atoms with Crippen LogP contribution in [-0.4, -0.2) is 26.9 Å². The predicted octanol–water partition coefficient (Wildman–Crippen LogP) is 5.43. The summed E-state index contributed by atoms with van der Waals surface area (Å²) >= 11 is 7.55. The van der Waals surface area contributed by atoms with E-state index in [0.29, 0.717) is 16.3 Å². The summed E-state index contributed by atoms with van der Waals surface area (Å²) in [5, 5.41) is 3.17. The number of halogens is 1. The molecule has 3 aromatic rings. The number of fused-ring (bicyclic) bond motifs is 1. The molecular weight excluding hydrogens is 496 g/mol. The molecule has 0 bridgehead atoms. The number of para-hydroxylation sites is 1. The molecule has 2 N–H and O–H groups in total. The highest BCUT2D eigenvalue weighted by atomic mass is 35.5. The van der Waals surface area contributed by atoms with Crippen LogP contribution in [-0.2, 0) is 27.6 Å². The van der Waals surface area contributed by atoms with E-state index in [2.05, 4.69) is 10.0 Å². The Morgan fingerprint density at radius 2 is 1.91 bits per heavy atom. The molecule has 1 heterocycles. The fourth-order valence-corrected chi connectivity index (χ4v) is 6.75. The molecule has 1 aliphatic carbocycles. The molecule has 34 heavy (non-hydrogen) atoms. The SMILES string of the molecule is CCOC(=O)c1c(NC(=O)c2ccc(Cl)c(S(=O)(=O)Nc3ccccc3C)c2)sc2c1CCC2. The maximum atomic E-state index is 13.1. The highest BCUT2D eigenvalue weighted by Crippen LogP contribution is 2.40. The van der Waals surface area contributed by atoms with Crippen molar-refractivity contribution in [2.45, 2.75) is 38.0 Å². The Balaban J connectivity index is 1.63. The van der Waals surface area contributed by atoms with Gasteiger partial charge in [0.05, 0.1) is 22.9 Å². The minimum absolute atomic E-state index is 0.0139. The number of sulfonamides is 1. The van der Waals surface area contributed by atoms with Crippen molar-refractivity contribution in [3.63, 3.8) is 0 Å². The van der Waals surface area contributed by atoms with Crippen molar-refractivity contribution in [2.75, 3.05) is 16.6 Å². The van der Waals surface area contributed by atoms with Crippen molar-refractivity contribution in [2.24, 2.45) is 0 Å². The Morgan fingerprint density at radius 3 is 2.65 bits per heavy atom. The zero-order chi connectivity index (χ0) is 24.5. The molecule has 1 aliphatic rings. The second-order valence-corrected chi connectivity index (χ2v) is 11.0.